The molecule has 1 fully saturated rings. The van der Waals surface area contributed by atoms with E-state index in [1.54, 1.807) is 17.1 Å². The summed E-state index contributed by atoms with van der Waals surface area (Å²) in [5.41, 5.74) is 1.05. The van der Waals surface area contributed by atoms with Gasteiger partial charge in [0.15, 0.2) is 5.76 Å². The zero-order valence-corrected chi connectivity index (χ0v) is 9.64. The molecule has 0 aromatic carbocycles. The molecule has 1 saturated heterocycles. The largest absolute Gasteiger partial charge is 0.459 e. The Kier molecular flexibility index (Phi) is 2.83. The number of hydrazine groups is 1. The molecular formula is C12H16N2O2. The van der Waals surface area contributed by atoms with Crippen LogP contribution in [0.2, 0.25) is 0 Å². The van der Waals surface area contributed by atoms with Gasteiger partial charge in [0.05, 0.1) is 12.8 Å². The highest BCUT2D eigenvalue weighted by Crippen LogP contribution is 2.20. The lowest BCUT2D eigenvalue weighted by atomic mass is 10.3. The molecule has 0 spiro atoms. The summed E-state index contributed by atoms with van der Waals surface area (Å²) in [7, 11) is 0. The minimum Gasteiger partial charge on any atom is -0.459 e. The molecule has 0 saturated carbocycles. The number of carbonyl (C=O) groups is 1. The summed E-state index contributed by atoms with van der Waals surface area (Å²) in [4.78, 5) is 12.1. The first kappa shape index (κ1) is 11.0. The standard InChI is InChI=1S/C12H16N2O2/c1-9(2)13-7-10(3)8-14(13)12(15)11-5-4-6-16-11/h4-6,9H,3,7-8H2,1-2H3. The van der Waals surface area contributed by atoms with E-state index in [-0.39, 0.29) is 11.9 Å². The van der Waals surface area contributed by atoms with Crippen molar-refractivity contribution in [3.63, 3.8) is 0 Å². The van der Waals surface area contributed by atoms with Crippen molar-refractivity contribution in [2.75, 3.05) is 13.1 Å². The molecule has 1 aliphatic rings. The van der Waals surface area contributed by atoms with Gasteiger partial charge in [0.25, 0.3) is 0 Å². The van der Waals surface area contributed by atoms with E-state index in [1.807, 2.05) is 5.01 Å². The summed E-state index contributed by atoms with van der Waals surface area (Å²) >= 11 is 0. The van der Waals surface area contributed by atoms with Crippen molar-refractivity contribution in [1.29, 1.82) is 0 Å². The van der Waals surface area contributed by atoms with E-state index >= 15 is 0 Å². The number of hydrogen-bond acceptors (Lipinski definition) is 3. The van der Waals surface area contributed by atoms with Gasteiger partial charge in [-0.1, -0.05) is 6.58 Å². The maximum absolute atomic E-state index is 12.1. The Labute approximate surface area is 95.1 Å². The third-order valence-corrected chi connectivity index (χ3v) is 2.63. The smallest absolute Gasteiger partial charge is 0.304 e. The lowest BCUT2D eigenvalue weighted by Crippen LogP contribution is -2.44. The molecule has 1 aliphatic heterocycles. The van der Waals surface area contributed by atoms with E-state index in [4.69, 9.17) is 4.42 Å². The first-order valence-corrected chi connectivity index (χ1v) is 5.38. The maximum Gasteiger partial charge on any atom is 0.304 e. The fraction of sp³-hybridized carbons (Fsp3) is 0.417. The van der Waals surface area contributed by atoms with Gasteiger partial charge in [-0.2, -0.15) is 0 Å². The Morgan fingerprint density at radius 1 is 1.50 bits per heavy atom. The molecule has 1 amide bonds. The highest BCUT2D eigenvalue weighted by atomic mass is 16.3. The molecular weight excluding hydrogens is 204 g/mol. The van der Waals surface area contributed by atoms with Gasteiger partial charge in [-0.3, -0.25) is 9.80 Å². The zero-order valence-electron chi connectivity index (χ0n) is 9.64. The number of carbonyl (C=O) groups excluding carboxylic acids is 1. The predicted molar refractivity (Wildman–Crippen MR) is 60.7 cm³/mol. The predicted octanol–water partition coefficient (Wildman–Crippen LogP) is 1.92. The van der Waals surface area contributed by atoms with E-state index in [0.29, 0.717) is 12.3 Å². The maximum atomic E-state index is 12.1. The topological polar surface area (TPSA) is 36.7 Å². The minimum absolute atomic E-state index is 0.0997. The van der Waals surface area contributed by atoms with Crippen LogP contribution in [-0.4, -0.2) is 35.1 Å². The average molecular weight is 220 g/mol. The summed E-state index contributed by atoms with van der Waals surface area (Å²) in [6, 6.07) is 3.68. The SMILES string of the molecule is C=C1CN(C(=O)c2ccco2)N(C(C)C)C1. The normalized spacial score (nSPS) is 17.4. The van der Waals surface area contributed by atoms with Crippen molar-refractivity contribution >= 4 is 5.91 Å². The minimum atomic E-state index is -0.0997. The first-order valence-electron chi connectivity index (χ1n) is 5.38. The Morgan fingerprint density at radius 2 is 2.25 bits per heavy atom. The van der Waals surface area contributed by atoms with E-state index < -0.39 is 0 Å². The third kappa shape index (κ3) is 1.88. The van der Waals surface area contributed by atoms with Gasteiger partial charge < -0.3 is 4.42 Å². The second kappa shape index (κ2) is 4.14. The Hall–Kier alpha value is -1.55. The van der Waals surface area contributed by atoms with Crippen molar-refractivity contribution in [3.8, 4) is 0 Å². The van der Waals surface area contributed by atoms with Gasteiger partial charge in [0.2, 0.25) is 0 Å². The van der Waals surface area contributed by atoms with Crippen LogP contribution in [0.15, 0.2) is 35.0 Å². The van der Waals surface area contributed by atoms with Crippen LogP contribution in [0.5, 0.6) is 0 Å². The van der Waals surface area contributed by atoms with Crippen molar-refractivity contribution in [2.45, 2.75) is 19.9 Å². The lowest BCUT2D eigenvalue weighted by Gasteiger charge is -2.29. The average Bonchev–Trinajstić information content (AvgIpc) is 2.84. The van der Waals surface area contributed by atoms with Crippen LogP contribution in [0.4, 0.5) is 0 Å². The van der Waals surface area contributed by atoms with Crippen LogP contribution in [0.3, 0.4) is 0 Å². The third-order valence-electron chi connectivity index (χ3n) is 2.63. The molecule has 2 heterocycles. The second-order valence-corrected chi connectivity index (χ2v) is 4.28. The monoisotopic (exact) mass is 220 g/mol. The molecule has 0 radical (unpaired) electrons. The van der Waals surface area contributed by atoms with Crippen LogP contribution in [0.1, 0.15) is 24.4 Å². The highest BCUT2D eigenvalue weighted by molar-refractivity contribution is 5.91. The van der Waals surface area contributed by atoms with Gasteiger partial charge in [-0.25, -0.2) is 5.01 Å². The molecule has 0 N–H and O–H groups in total. The molecule has 2 rings (SSSR count). The highest BCUT2D eigenvalue weighted by Gasteiger charge is 2.32. The van der Waals surface area contributed by atoms with E-state index in [1.165, 1.54) is 6.26 Å². The van der Waals surface area contributed by atoms with Crippen LogP contribution in [0.25, 0.3) is 0 Å². The Bertz CT molecular complexity index is 395. The van der Waals surface area contributed by atoms with Gasteiger partial charge in [-0.15, -0.1) is 0 Å². The van der Waals surface area contributed by atoms with Crippen molar-refractivity contribution in [3.05, 3.63) is 36.3 Å². The summed E-state index contributed by atoms with van der Waals surface area (Å²) < 4.78 is 5.12. The number of rotatable bonds is 2. The Morgan fingerprint density at radius 3 is 2.81 bits per heavy atom. The van der Waals surface area contributed by atoms with Crippen molar-refractivity contribution in [1.82, 2.24) is 10.0 Å². The zero-order chi connectivity index (χ0) is 11.7. The fourth-order valence-electron chi connectivity index (χ4n) is 1.84. The summed E-state index contributed by atoms with van der Waals surface area (Å²) in [5.74, 6) is 0.276. The number of nitrogens with zero attached hydrogens (tertiary/aromatic N) is 2. The molecule has 4 heteroatoms. The van der Waals surface area contributed by atoms with E-state index in [9.17, 15) is 4.79 Å². The van der Waals surface area contributed by atoms with E-state index in [0.717, 1.165) is 12.1 Å². The van der Waals surface area contributed by atoms with Crippen LogP contribution in [-0.2, 0) is 0 Å². The molecule has 1 aromatic heterocycles. The number of hydrogen-bond donors (Lipinski definition) is 0. The summed E-state index contributed by atoms with van der Waals surface area (Å²) in [5, 5.41) is 3.71. The molecule has 16 heavy (non-hydrogen) atoms. The summed E-state index contributed by atoms with van der Waals surface area (Å²) in [6.45, 7) is 9.37. The molecule has 0 aliphatic carbocycles. The number of furan rings is 1. The Balaban J connectivity index is 2.20. The van der Waals surface area contributed by atoms with Crippen molar-refractivity contribution < 1.29 is 9.21 Å². The molecule has 0 atom stereocenters. The van der Waals surface area contributed by atoms with Gasteiger partial charge in [0.1, 0.15) is 0 Å². The molecule has 0 bridgehead atoms. The molecule has 86 valence electrons. The summed E-state index contributed by atoms with van der Waals surface area (Å²) in [6.07, 6.45) is 1.51. The molecule has 1 aromatic rings. The van der Waals surface area contributed by atoms with Crippen LogP contribution < -0.4 is 0 Å². The quantitative estimate of drug-likeness (QED) is 0.714. The van der Waals surface area contributed by atoms with Gasteiger partial charge in [-0.05, 0) is 31.6 Å². The van der Waals surface area contributed by atoms with Crippen molar-refractivity contribution in [2.24, 2.45) is 0 Å². The molecule has 4 nitrogen and oxygen atoms in total. The molecule has 0 unspecified atom stereocenters. The number of amides is 1. The van der Waals surface area contributed by atoms with E-state index in [2.05, 4.69) is 20.4 Å². The van der Waals surface area contributed by atoms with Crippen LogP contribution >= 0.6 is 0 Å². The second-order valence-electron chi connectivity index (χ2n) is 4.28. The lowest BCUT2D eigenvalue weighted by molar-refractivity contribution is 0.00237. The fourth-order valence-corrected chi connectivity index (χ4v) is 1.84. The van der Waals surface area contributed by atoms with Gasteiger partial charge in [0, 0.05) is 12.6 Å². The van der Waals surface area contributed by atoms with Crippen LogP contribution in [0, 0.1) is 0 Å². The first-order chi connectivity index (χ1) is 7.59. The van der Waals surface area contributed by atoms with Gasteiger partial charge >= 0.3 is 5.91 Å².